The summed E-state index contributed by atoms with van der Waals surface area (Å²) in [7, 11) is 1.81. The van der Waals surface area contributed by atoms with Crippen LogP contribution in [-0.2, 0) is 13.7 Å². The van der Waals surface area contributed by atoms with E-state index in [2.05, 4.69) is 5.10 Å². The van der Waals surface area contributed by atoms with Gasteiger partial charge in [-0.05, 0) is 25.3 Å². The van der Waals surface area contributed by atoms with Crippen LogP contribution in [0.4, 0.5) is 0 Å². The van der Waals surface area contributed by atoms with Crippen molar-refractivity contribution in [2.45, 2.75) is 18.4 Å². The number of benzene rings is 1. The van der Waals surface area contributed by atoms with Gasteiger partial charge in [0.2, 0.25) is 5.88 Å². The number of rotatable bonds is 4. The Bertz CT molecular complexity index is 552. The van der Waals surface area contributed by atoms with Gasteiger partial charge >= 0.3 is 0 Å². The minimum atomic E-state index is -0.0730. The van der Waals surface area contributed by atoms with E-state index in [1.54, 1.807) is 16.4 Å². The molecule has 1 aromatic carbocycles. The lowest BCUT2D eigenvalue weighted by Gasteiger charge is -2.10. The number of ether oxygens (including phenoxy) is 1. The molecular formula is C13H16N2O2S. The summed E-state index contributed by atoms with van der Waals surface area (Å²) in [5.41, 5.74) is 1.52. The molecule has 0 radical (unpaired) electrons. The van der Waals surface area contributed by atoms with Crippen LogP contribution in [0.2, 0.25) is 0 Å². The topological polar surface area (TPSA) is 47.3 Å². The van der Waals surface area contributed by atoms with E-state index in [4.69, 9.17) is 4.74 Å². The van der Waals surface area contributed by atoms with E-state index in [9.17, 15) is 5.11 Å². The predicted molar refractivity (Wildman–Crippen MR) is 72.2 cm³/mol. The number of para-hydroxylation sites is 1. The third kappa shape index (κ3) is 2.37. The van der Waals surface area contributed by atoms with E-state index >= 15 is 0 Å². The van der Waals surface area contributed by atoms with Gasteiger partial charge in [0.05, 0.1) is 17.9 Å². The molecule has 1 N–H and O–H groups in total. The van der Waals surface area contributed by atoms with E-state index in [0.29, 0.717) is 5.88 Å². The van der Waals surface area contributed by atoms with Crippen molar-refractivity contribution in [2.75, 3.05) is 6.26 Å². The lowest BCUT2D eigenvalue weighted by molar-refractivity contribution is 0.274. The summed E-state index contributed by atoms with van der Waals surface area (Å²) in [6.45, 7) is 1.79. The van der Waals surface area contributed by atoms with Crippen LogP contribution in [0.5, 0.6) is 11.6 Å². The van der Waals surface area contributed by atoms with E-state index in [1.807, 2.05) is 44.5 Å². The molecular weight excluding hydrogens is 248 g/mol. The van der Waals surface area contributed by atoms with Crippen LogP contribution in [0.15, 0.2) is 29.2 Å². The van der Waals surface area contributed by atoms with Crippen LogP contribution < -0.4 is 4.74 Å². The van der Waals surface area contributed by atoms with Crippen LogP contribution in [0.3, 0.4) is 0 Å². The largest absolute Gasteiger partial charge is 0.438 e. The third-order valence-electron chi connectivity index (χ3n) is 2.72. The molecule has 4 nitrogen and oxygen atoms in total. The van der Waals surface area contributed by atoms with Crippen LogP contribution in [-0.4, -0.2) is 21.1 Å². The normalized spacial score (nSPS) is 10.7. The van der Waals surface area contributed by atoms with Crippen molar-refractivity contribution in [1.29, 1.82) is 0 Å². The van der Waals surface area contributed by atoms with Crippen molar-refractivity contribution in [1.82, 2.24) is 9.78 Å². The minimum Gasteiger partial charge on any atom is -0.438 e. The van der Waals surface area contributed by atoms with Crippen molar-refractivity contribution in [3.63, 3.8) is 0 Å². The smallest absolute Gasteiger partial charge is 0.223 e. The Balaban J connectivity index is 2.39. The number of aromatic nitrogens is 2. The number of aliphatic hydroxyl groups is 1. The van der Waals surface area contributed by atoms with Gasteiger partial charge in [0.25, 0.3) is 0 Å². The van der Waals surface area contributed by atoms with Gasteiger partial charge in [-0.25, -0.2) is 4.68 Å². The maximum atomic E-state index is 9.38. The summed E-state index contributed by atoms with van der Waals surface area (Å²) in [5, 5.41) is 13.6. The molecule has 0 aliphatic rings. The van der Waals surface area contributed by atoms with Gasteiger partial charge in [0, 0.05) is 11.9 Å². The highest BCUT2D eigenvalue weighted by molar-refractivity contribution is 7.98. The lowest BCUT2D eigenvalue weighted by atomic mass is 10.2. The summed E-state index contributed by atoms with van der Waals surface area (Å²) in [6.07, 6.45) is 2.00. The second kappa shape index (κ2) is 5.46. The van der Waals surface area contributed by atoms with Crippen molar-refractivity contribution < 1.29 is 9.84 Å². The standard InChI is InChI=1S/C13H16N2O2S/c1-9-10(8-16)13(15(2)14-9)17-11-6-4-5-7-12(11)18-3/h4-7,16H,8H2,1-3H3. The number of aliphatic hydroxyl groups excluding tert-OH is 1. The Morgan fingerprint density at radius 3 is 2.78 bits per heavy atom. The molecule has 0 unspecified atom stereocenters. The molecule has 0 fully saturated rings. The molecule has 0 aliphatic carbocycles. The Morgan fingerprint density at radius 1 is 1.39 bits per heavy atom. The van der Waals surface area contributed by atoms with Crippen molar-refractivity contribution in [3.8, 4) is 11.6 Å². The Kier molecular flexibility index (Phi) is 3.93. The molecule has 1 aromatic heterocycles. The van der Waals surface area contributed by atoms with E-state index < -0.39 is 0 Å². The van der Waals surface area contributed by atoms with Crippen molar-refractivity contribution >= 4 is 11.8 Å². The van der Waals surface area contributed by atoms with Gasteiger partial charge in [-0.2, -0.15) is 5.10 Å². The number of hydrogen-bond acceptors (Lipinski definition) is 4. The van der Waals surface area contributed by atoms with Gasteiger partial charge < -0.3 is 9.84 Å². The quantitative estimate of drug-likeness (QED) is 0.863. The Labute approximate surface area is 111 Å². The molecule has 2 aromatic rings. The maximum Gasteiger partial charge on any atom is 0.223 e. The first kappa shape index (κ1) is 13.0. The van der Waals surface area contributed by atoms with E-state index in [0.717, 1.165) is 21.9 Å². The summed E-state index contributed by atoms with van der Waals surface area (Å²) in [4.78, 5) is 1.06. The zero-order valence-corrected chi connectivity index (χ0v) is 11.5. The number of hydrogen-bond donors (Lipinski definition) is 1. The van der Waals surface area contributed by atoms with Crippen LogP contribution >= 0.6 is 11.8 Å². The molecule has 18 heavy (non-hydrogen) atoms. The monoisotopic (exact) mass is 264 g/mol. The van der Waals surface area contributed by atoms with Gasteiger partial charge in [-0.15, -0.1) is 11.8 Å². The molecule has 0 atom stereocenters. The third-order valence-corrected chi connectivity index (χ3v) is 3.50. The van der Waals surface area contributed by atoms with Crippen LogP contribution in [0, 0.1) is 6.92 Å². The fourth-order valence-corrected chi connectivity index (χ4v) is 2.32. The SMILES string of the molecule is CSc1ccccc1Oc1c(CO)c(C)nn1C. The zero-order chi connectivity index (χ0) is 13.1. The first-order valence-corrected chi connectivity index (χ1v) is 6.84. The van der Waals surface area contributed by atoms with Gasteiger partial charge in [0.1, 0.15) is 5.75 Å². The lowest BCUT2D eigenvalue weighted by Crippen LogP contribution is -1.97. The highest BCUT2D eigenvalue weighted by Crippen LogP contribution is 2.33. The predicted octanol–water partition coefficient (Wildman–Crippen LogP) is 2.74. The average Bonchev–Trinajstić information content (AvgIpc) is 2.64. The highest BCUT2D eigenvalue weighted by atomic mass is 32.2. The molecule has 0 spiro atoms. The zero-order valence-electron chi connectivity index (χ0n) is 10.7. The molecule has 96 valence electrons. The molecule has 0 bridgehead atoms. The average molecular weight is 264 g/mol. The summed E-state index contributed by atoms with van der Waals surface area (Å²) < 4.78 is 7.54. The Hall–Kier alpha value is -1.46. The number of aryl methyl sites for hydroxylation is 2. The maximum absolute atomic E-state index is 9.38. The van der Waals surface area contributed by atoms with Crippen LogP contribution in [0.25, 0.3) is 0 Å². The van der Waals surface area contributed by atoms with Crippen molar-refractivity contribution in [3.05, 3.63) is 35.5 Å². The summed E-state index contributed by atoms with van der Waals surface area (Å²) in [6, 6.07) is 7.81. The summed E-state index contributed by atoms with van der Waals surface area (Å²) in [5.74, 6) is 1.37. The first-order chi connectivity index (χ1) is 8.67. The fraction of sp³-hybridized carbons (Fsp3) is 0.308. The molecule has 1 heterocycles. The minimum absolute atomic E-state index is 0.0730. The number of thioether (sulfide) groups is 1. The molecule has 5 heteroatoms. The first-order valence-electron chi connectivity index (χ1n) is 5.61. The van der Waals surface area contributed by atoms with Crippen LogP contribution in [0.1, 0.15) is 11.3 Å². The van der Waals surface area contributed by atoms with Gasteiger partial charge in [0.15, 0.2) is 0 Å². The van der Waals surface area contributed by atoms with E-state index in [-0.39, 0.29) is 6.61 Å². The van der Waals surface area contributed by atoms with Crippen molar-refractivity contribution in [2.24, 2.45) is 7.05 Å². The van der Waals surface area contributed by atoms with E-state index in [1.165, 1.54) is 0 Å². The highest BCUT2D eigenvalue weighted by Gasteiger charge is 2.15. The molecule has 0 saturated heterocycles. The number of nitrogens with zero attached hydrogens (tertiary/aromatic N) is 2. The molecule has 0 aliphatic heterocycles. The summed E-state index contributed by atoms with van der Waals surface area (Å²) >= 11 is 1.62. The van der Waals surface area contributed by atoms with Gasteiger partial charge in [-0.3, -0.25) is 0 Å². The fourth-order valence-electron chi connectivity index (χ4n) is 1.80. The Morgan fingerprint density at radius 2 is 2.11 bits per heavy atom. The molecule has 2 rings (SSSR count). The van der Waals surface area contributed by atoms with Gasteiger partial charge in [-0.1, -0.05) is 12.1 Å². The second-order valence-corrected chi connectivity index (χ2v) is 4.75. The molecule has 0 saturated carbocycles. The second-order valence-electron chi connectivity index (χ2n) is 3.90. The molecule has 0 amide bonds.